The number of amides is 1. The summed E-state index contributed by atoms with van der Waals surface area (Å²) in [6.07, 6.45) is -0.116. The smallest absolute Gasteiger partial charge is 0.254 e. The third-order valence-corrected chi connectivity index (χ3v) is 4.10. The monoisotopic (exact) mass is 297 g/mol. The van der Waals surface area contributed by atoms with E-state index in [-0.39, 0.29) is 25.1 Å². The van der Waals surface area contributed by atoms with Crippen molar-refractivity contribution in [2.75, 3.05) is 13.2 Å². The van der Waals surface area contributed by atoms with Gasteiger partial charge in [-0.25, -0.2) is 0 Å². The fourth-order valence-corrected chi connectivity index (χ4v) is 2.92. The van der Waals surface area contributed by atoms with Crippen LogP contribution in [0, 0.1) is 0 Å². The molecule has 2 N–H and O–H groups in total. The zero-order chi connectivity index (χ0) is 15.5. The minimum Gasteiger partial charge on any atom is -0.394 e. The molecule has 0 unspecified atom stereocenters. The Hall–Kier alpha value is -2.17. The Morgan fingerprint density at radius 2 is 1.68 bits per heavy atom. The first-order valence-corrected chi connectivity index (χ1v) is 7.44. The molecule has 1 fully saturated rings. The SMILES string of the molecule is O=C(c1ccc(-c2ccccc2)cc1)N1C[C@H](O)C[C@H]1CO. The van der Waals surface area contributed by atoms with Gasteiger partial charge >= 0.3 is 0 Å². The fraction of sp³-hybridized carbons (Fsp3) is 0.278. The molecule has 1 aliphatic heterocycles. The minimum absolute atomic E-state index is 0.120. The van der Waals surface area contributed by atoms with Gasteiger partial charge in [-0.1, -0.05) is 42.5 Å². The van der Waals surface area contributed by atoms with E-state index in [1.165, 1.54) is 0 Å². The molecule has 2 aromatic rings. The standard InChI is InChI=1S/C18H19NO3/c20-12-16-10-17(21)11-19(16)18(22)15-8-6-14(7-9-15)13-4-2-1-3-5-13/h1-9,16-17,20-21H,10-12H2/t16-,17+/m0/s1. The highest BCUT2D eigenvalue weighted by Crippen LogP contribution is 2.23. The molecule has 1 aliphatic rings. The Morgan fingerprint density at radius 3 is 2.32 bits per heavy atom. The molecular formula is C18H19NO3. The highest BCUT2D eigenvalue weighted by Gasteiger charge is 2.34. The maximum absolute atomic E-state index is 12.5. The minimum atomic E-state index is -0.551. The number of aliphatic hydroxyl groups excluding tert-OH is 2. The highest BCUT2D eigenvalue weighted by molar-refractivity contribution is 5.95. The summed E-state index contributed by atoms with van der Waals surface area (Å²) in [6, 6.07) is 17.1. The van der Waals surface area contributed by atoms with Crippen LogP contribution in [0.1, 0.15) is 16.8 Å². The summed E-state index contributed by atoms with van der Waals surface area (Å²) in [5.74, 6) is -0.143. The molecule has 0 spiro atoms. The molecule has 22 heavy (non-hydrogen) atoms. The first-order chi connectivity index (χ1) is 10.7. The molecule has 4 nitrogen and oxygen atoms in total. The number of β-amino-alcohol motifs (C(OH)–C–C–N with tert-alkyl or cyclic N) is 1. The van der Waals surface area contributed by atoms with Crippen molar-refractivity contribution in [3.05, 3.63) is 60.2 Å². The molecule has 0 aliphatic carbocycles. The van der Waals surface area contributed by atoms with Crippen LogP contribution in [-0.4, -0.2) is 46.3 Å². The molecule has 2 aromatic carbocycles. The Labute approximate surface area is 129 Å². The van der Waals surface area contributed by atoms with Crippen LogP contribution in [0.3, 0.4) is 0 Å². The van der Waals surface area contributed by atoms with Crippen LogP contribution in [0.25, 0.3) is 11.1 Å². The highest BCUT2D eigenvalue weighted by atomic mass is 16.3. The van der Waals surface area contributed by atoms with Gasteiger partial charge in [-0.05, 0) is 29.7 Å². The van der Waals surface area contributed by atoms with E-state index in [2.05, 4.69) is 0 Å². The predicted molar refractivity (Wildman–Crippen MR) is 84.4 cm³/mol. The maximum atomic E-state index is 12.5. The number of carbonyl (C=O) groups is 1. The van der Waals surface area contributed by atoms with E-state index in [0.717, 1.165) is 11.1 Å². The quantitative estimate of drug-likeness (QED) is 0.910. The summed E-state index contributed by atoms with van der Waals surface area (Å²) < 4.78 is 0. The zero-order valence-corrected chi connectivity index (χ0v) is 12.2. The summed E-state index contributed by atoms with van der Waals surface area (Å²) >= 11 is 0. The molecule has 3 rings (SSSR count). The zero-order valence-electron chi connectivity index (χ0n) is 12.2. The summed E-state index contributed by atoms with van der Waals surface area (Å²) in [5, 5.41) is 19.0. The molecule has 114 valence electrons. The number of hydrogen-bond donors (Lipinski definition) is 2. The normalized spacial score (nSPS) is 21.1. The van der Waals surface area contributed by atoms with Crippen LogP contribution in [0.4, 0.5) is 0 Å². The molecular weight excluding hydrogens is 278 g/mol. The van der Waals surface area contributed by atoms with Crippen molar-refractivity contribution in [2.24, 2.45) is 0 Å². The molecule has 1 heterocycles. The lowest BCUT2D eigenvalue weighted by Crippen LogP contribution is -2.37. The van der Waals surface area contributed by atoms with E-state index in [1.54, 1.807) is 17.0 Å². The average molecular weight is 297 g/mol. The number of hydrogen-bond acceptors (Lipinski definition) is 3. The van der Waals surface area contributed by atoms with E-state index in [0.29, 0.717) is 12.0 Å². The van der Waals surface area contributed by atoms with Gasteiger partial charge in [0.1, 0.15) is 0 Å². The summed E-state index contributed by atoms with van der Waals surface area (Å²) in [4.78, 5) is 14.1. The molecule has 4 heteroatoms. The summed E-state index contributed by atoms with van der Waals surface area (Å²) in [5.41, 5.74) is 2.73. The second kappa shape index (κ2) is 6.30. The number of benzene rings is 2. The van der Waals surface area contributed by atoms with Crippen LogP contribution in [0.2, 0.25) is 0 Å². The number of likely N-dealkylation sites (tertiary alicyclic amines) is 1. The van der Waals surface area contributed by atoms with Crippen molar-refractivity contribution < 1.29 is 15.0 Å². The van der Waals surface area contributed by atoms with Crippen molar-refractivity contribution >= 4 is 5.91 Å². The molecule has 0 bridgehead atoms. The molecule has 0 radical (unpaired) electrons. The first-order valence-electron chi connectivity index (χ1n) is 7.44. The summed E-state index contributed by atoms with van der Waals surface area (Å²) in [6.45, 7) is 0.162. The van der Waals surface area contributed by atoms with Crippen molar-refractivity contribution in [2.45, 2.75) is 18.6 Å². The molecule has 1 saturated heterocycles. The van der Waals surface area contributed by atoms with Crippen molar-refractivity contribution in [3.8, 4) is 11.1 Å². The number of rotatable bonds is 3. The Kier molecular flexibility index (Phi) is 4.22. The van der Waals surface area contributed by atoms with Gasteiger partial charge in [0.25, 0.3) is 5.91 Å². The lowest BCUT2D eigenvalue weighted by atomic mass is 10.0. The Bertz CT molecular complexity index is 639. The number of aliphatic hydroxyl groups is 2. The first kappa shape index (κ1) is 14.8. The molecule has 0 aromatic heterocycles. The van der Waals surface area contributed by atoms with E-state index in [4.69, 9.17) is 0 Å². The molecule has 0 saturated carbocycles. The van der Waals surface area contributed by atoms with E-state index < -0.39 is 6.10 Å². The number of nitrogens with zero attached hydrogens (tertiary/aromatic N) is 1. The fourth-order valence-electron chi connectivity index (χ4n) is 2.92. The van der Waals surface area contributed by atoms with Crippen molar-refractivity contribution in [1.82, 2.24) is 4.90 Å². The van der Waals surface area contributed by atoms with Gasteiger partial charge in [0.15, 0.2) is 0 Å². The van der Waals surface area contributed by atoms with Gasteiger partial charge in [-0.15, -0.1) is 0 Å². The summed E-state index contributed by atoms with van der Waals surface area (Å²) in [7, 11) is 0. The van der Waals surface area contributed by atoms with Gasteiger partial charge in [0.2, 0.25) is 0 Å². The largest absolute Gasteiger partial charge is 0.394 e. The van der Waals surface area contributed by atoms with Crippen LogP contribution < -0.4 is 0 Å². The lowest BCUT2D eigenvalue weighted by Gasteiger charge is -2.22. The number of carbonyl (C=O) groups excluding carboxylic acids is 1. The molecule has 2 atom stereocenters. The Morgan fingerprint density at radius 1 is 1.05 bits per heavy atom. The lowest BCUT2D eigenvalue weighted by molar-refractivity contribution is 0.0665. The van der Waals surface area contributed by atoms with Crippen LogP contribution >= 0.6 is 0 Å². The van der Waals surface area contributed by atoms with Gasteiger partial charge in [-0.3, -0.25) is 4.79 Å². The Balaban J connectivity index is 1.79. The van der Waals surface area contributed by atoms with Gasteiger partial charge in [0.05, 0.1) is 18.8 Å². The molecule has 1 amide bonds. The van der Waals surface area contributed by atoms with E-state index >= 15 is 0 Å². The van der Waals surface area contributed by atoms with Crippen molar-refractivity contribution in [1.29, 1.82) is 0 Å². The predicted octanol–water partition coefficient (Wildman–Crippen LogP) is 1.92. The van der Waals surface area contributed by atoms with Crippen molar-refractivity contribution in [3.63, 3.8) is 0 Å². The third-order valence-electron chi connectivity index (χ3n) is 4.10. The third kappa shape index (κ3) is 2.89. The topological polar surface area (TPSA) is 60.8 Å². The second-order valence-corrected chi connectivity index (χ2v) is 5.63. The second-order valence-electron chi connectivity index (χ2n) is 5.63. The van der Waals surface area contributed by atoms with Gasteiger partial charge in [-0.2, -0.15) is 0 Å². The van der Waals surface area contributed by atoms with Crippen LogP contribution in [-0.2, 0) is 0 Å². The average Bonchev–Trinajstić information content (AvgIpc) is 2.96. The van der Waals surface area contributed by atoms with E-state index in [1.807, 2.05) is 42.5 Å². The maximum Gasteiger partial charge on any atom is 0.254 e. The van der Waals surface area contributed by atoms with Crippen LogP contribution in [0.5, 0.6) is 0 Å². The van der Waals surface area contributed by atoms with Gasteiger partial charge in [0, 0.05) is 12.1 Å². The van der Waals surface area contributed by atoms with E-state index in [9.17, 15) is 15.0 Å². The van der Waals surface area contributed by atoms with Crippen LogP contribution in [0.15, 0.2) is 54.6 Å². The van der Waals surface area contributed by atoms with Gasteiger partial charge < -0.3 is 15.1 Å².